The first-order chi connectivity index (χ1) is 17.9. The quantitative estimate of drug-likeness (QED) is 0.341. The van der Waals surface area contributed by atoms with Gasteiger partial charge in [0.2, 0.25) is 0 Å². The number of ether oxygens (including phenoxy) is 3. The van der Waals surface area contributed by atoms with E-state index >= 15 is 0 Å². The van der Waals surface area contributed by atoms with E-state index in [1.54, 1.807) is 73.8 Å². The van der Waals surface area contributed by atoms with E-state index in [1.165, 1.54) is 0 Å². The number of benzene rings is 3. The summed E-state index contributed by atoms with van der Waals surface area (Å²) in [5.41, 5.74) is 1.34. The number of carbonyl (C=O) groups excluding carboxylic acids is 3. The lowest BCUT2D eigenvalue weighted by Crippen LogP contribution is -2.32. The maximum Gasteiger partial charge on any atom is 0.293 e. The zero-order valence-electron chi connectivity index (χ0n) is 19.8. The highest BCUT2D eigenvalue weighted by molar-refractivity contribution is 8.18. The number of para-hydroxylation sites is 2. The van der Waals surface area contributed by atoms with E-state index in [0.29, 0.717) is 38.4 Å². The molecule has 37 heavy (non-hydrogen) atoms. The van der Waals surface area contributed by atoms with Crippen LogP contribution in [-0.2, 0) is 9.59 Å². The van der Waals surface area contributed by atoms with Gasteiger partial charge in [-0.3, -0.25) is 19.3 Å². The SMILES string of the molecule is COc1ccccc1OCCN1C(=O)S/C(=C\c2ccc(OCC(=O)Nc3ccc(Cl)cc3)cc2)C1=O. The minimum Gasteiger partial charge on any atom is -0.493 e. The number of methoxy groups -OCH3 is 1. The molecule has 0 spiro atoms. The fourth-order valence-corrected chi connectivity index (χ4v) is 4.36. The third-order valence-electron chi connectivity index (χ3n) is 5.19. The molecular weight excluding hydrogens is 516 g/mol. The zero-order valence-corrected chi connectivity index (χ0v) is 21.4. The Morgan fingerprint density at radius 1 is 0.973 bits per heavy atom. The lowest BCUT2D eigenvalue weighted by atomic mass is 10.2. The molecule has 1 N–H and O–H groups in total. The molecule has 0 unspecified atom stereocenters. The van der Waals surface area contributed by atoms with Crippen molar-refractivity contribution >= 4 is 52.2 Å². The molecule has 1 aliphatic heterocycles. The van der Waals surface area contributed by atoms with Crippen LogP contribution in [-0.4, -0.2) is 48.8 Å². The predicted octanol–water partition coefficient (Wildman–Crippen LogP) is 5.48. The average Bonchev–Trinajstić information content (AvgIpc) is 3.17. The van der Waals surface area contributed by atoms with Crippen LogP contribution in [0.4, 0.5) is 10.5 Å². The second-order valence-electron chi connectivity index (χ2n) is 7.75. The van der Waals surface area contributed by atoms with Gasteiger partial charge in [0.05, 0.1) is 18.6 Å². The van der Waals surface area contributed by atoms with Crippen LogP contribution in [0.1, 0.15) is 5.56 Å². The van der Waals surface area contributed by atoms with Crippen LogP contribution in [0.5, 0.6) is 17.2 Å². The van der Waals surface area contributed by atoms with Gasteiger partial charge in [0, 0.05) is 10.7 Å². The van der Waals surface area contributed by atoms with E-state index in [2.05, 4.69) is 5.32 Å². The summed E-state index contributed by atoms with van der Waals surface area (Å²) >= 11 is 6.72. The molecule has 10 heteroatoms. The monoisotopic (exact) mass is 538 g/mol. The molecule has 0 saturated carbocycles. The fourth-order valence-electron chi connectivity index (χ4n) is 3.37. The van der Waals surface area contributed by atoms with Crippen molar-refractivity contribution in [3.8, 4) is 17.2 Å². The van der Waals surface area contributed by atoms with Crippen molar-refractivity contribution in [1.29, 1.82) is 0 Å². The van der Waals surface area contributed by atoms with Gasteiger partial charge in [-0.05, 0) is 71.9 Å². The molecule has 8 nitrogen and oxygen atoms in total. The molecule has 0 aliphatic carbocycles. The number of carbonyl (C=O) groups is 3. The molecule has 0 radical (unpaired) electrons. The second kappa shape index (κ2) is 12.3. The Bertz CT molecular complexity index is 1310. The van der Waals surface area contributed by atoms with Crippen LogP contribution in [0.3, 0.4) is 0 Å². The summed E-state index contributed by atoms with van der Waals surface area (Å²) in [5.74, 6) is 0.918. The first-order valence-corrected chi connectivity index (χ1v) is 12.4. The van der Waals surface area contributed by atoms with E-state index in [9.17, 15) is 14.4 Å². The van der Waals surface area contributed by atoms with E-state index in [4.69, 9.17) is 25.8 Å². The van der Waals surface area contributed by atoms with E-state index in [0.717, 1.165) is 16.7 Å². The highest BCUT2D eigenvalue weighted by atomic mass is 35.5. The van der Waals surface area contributed by atoms with Crippen molar-refractivity contribution in [3.05, 3.63) is 88.3 Å². The Labute approximate surface area is 223 Å². The molecule has 190 valence electrons. The standard InChI is InChI=1S/C27H23ClN2O6S/c1-34-22-4-2-3-5-23(22)35-15-14-30-26(32)24(37-27(30)33)16-18-6-12-21(13-7-18)36-17-25(31)29-20-10-8-19(28)9-11-20/h2-13,16H,14-15,17H2,1H3,(H,29,31)/b24-16-. The topological polar surface area (TPSA) is 94.2 Å². The smallest absolute Gasteiger partial charge is 0.293 e. The molecule has 0 bridgehead atoms. The van der Waals surface area contributed by atoms with Gasteiger partial charge in [-0.2, -0.15) is 0 Å². The van der Waals surface area contributed by atoms with Crippen LogP contribution in [0.25, 0.3) is 6.08 Å². The largest absolute Gasteiger partial charge is 0.493 e. The van der Waals surface area contributed by atoms with Crippen molar-refractivity contribution < 1.29 is 28.6 Å². The summed E-state index contributed by atoms with van der Waals surface area (Å²) in [4.78, 5) is 38.7. The number of imide groups is 1. The summed E-state index contributed by atoms with van der Waals surface area (Å²) in [6.45, 7) is 0.0893. The Balaban J connectivity index is 1.28. The first-order valence-electron chi connectivity index (χ1n) is 11.2. The molecule has 4 rings (SSSR count). The molecular formula is C27H23ClN2O6S. The summed E-state index contributed by atoms with van der Waals surface area (Å²) in [6, 6.07) is 20.8. The van der Waals surface area contributed by atoms with Gasteiger partial charge in [-0.25, -0.2) is 0 Å². The molecule has 3 aromatic carbocycles. The number of hydrogen-bond acceptors (Lipinski definition) is 7. The number of hydrogen-bond donors (Lipinski definition) is 1. The summed E-state index contributed by atoms with van der Waals surface area (Å²) in [6.07, 6.45) is 1.64. The third-order valence-corrected chi connectivity index (χ3v) is 6.35. The van der Waals surface area contributed by atoms with Gasteiger partial charge >= 0.3 is 0 Å². The van der Waals surface area contributed by atoms with Crippen molar-refractivity contribution in [1.82, 2.24) is 4.90 Å². The normalized spacial score (nSPS) is 14.1. The molecule has 0 atom stereocenters. The van der Waals surface area contributed by atoms with E-state index in [1.807, 2.05) is 12.1 Å². The highest BCUT2D eigenvalue weighted by Gasteiger charge is 2.34. The fraction of sp³-hybridized carbons (Fsp3) is 0.148. The Hall–Kier alpha value is -3.95. The average molecular weight is 539 g/mol. The van der Waals surface area contributed by atoms with E-state index in [-0.39, 0.29) is 36.8 Å². The number of thioether (sulfide) groups is 1. The van der Waals surface area contributed by atoms with Crippen LogP contribution < -0.4 is 19.5 Å². The molecule has 3 amide bonds. The van der Waals surface area contributed by atoms with Gasteiger partial charge in [0.25, 0.3) is 17.1 Å². The van der Waals surface area contributed by atoms with Gasteiger partial charge in [-0.15, -0.1) is 0 Å². The first kappa shape index (κ1) is 26.1. The zero-order chi connectivity index (χ0) is 26.2. The van der Waals surface area contributed by atoms with Crippen LogP contribution in [0.2, 0.25) is 5.02 Å². The van der Waals surface area contributed by atoms with Crippen molar-refractivity contribution in [2.24, 2.45) is 0 Å². The number of nitrogens with zero attached hydrogens (tertiary/aromatic N) is 1. The van der Waals surface area contributed by atoms with Gasteiger partial charge in [0.1, 0.15) is 12.4 Å². The molecule has 1 saturated heterocycles. The minimum atomic E-state index is -0.377. The number of halogens is 1. The minimum absolute atomic E-state index is 0.116. The summed E-state index contributed by atoms with van der Waals surface area (Å²) < 4.78 is 16.4. The Kier molecular flexibility index (Phi) is 8.71. The maximum absolute atomic E-state index is 12.8. The molecule has 0 aromatic heterocycles. The number of amides is 3. The second-order valence-corrected chi connectivity index (χ2v) is 9.18. The van der Waals surface area contributed by atoms with Crippen molar-refractivity contribution in [2.75, 3.05) is 32.2 Å². The van der Waals surface area contributed by atoms with Crippen molar-refractivity contribution in [2.45, 2.75) is 0 Å². The van der Waals surface area contributed by atoms with Gasteiger partial charge in [0.15, 0.2) is 18.1 Å². The summed E-state index contributed by atoms with van der Waals surface area (Å²) in [7, 11) is 1.54. The molecule has 1 aliphatic rings. The van der Waals surface area contributed by atoms with Gasteiger partial charge < -0.3 is 19.5 Å². The maximum atomic E-state index is 12.8. The highest BCUT2D eigenvalue weighted by Crippen LogP contribution is 2.32. The Morgan fingerprint density at radius 2 is 1.68 bits per heavy atom. The molecule has 1 heterocycles. The van der Waals surface area contributed by atoms with Gasteiger partial charge in [-0.1, -0.05) is 35.9 Å². The predicted molar refractivity (Wildman–Crippen MR) is 143 cm³/mol. The summed E-state index contributed by atoms with van der Waals surface area (Å²) in [5, 5.41) is 2.94. The number of nitrogens with one attached hydrogen (secondary N) is 1. The number of rotatable bonds is 10. The third kappa shape index (κ3) is 7.05. The number of anilines is 1. The lowest BCUT2D eigenvalue weighted by molar-refractivity contribution is -0.123. The van der Waals surface area contributed by atoms with Crippen LogP contribution in [0, 0.1) is 0 Å². The Morgan fingerprint density at radius 3 is 2.38 bits per heavy atom. The lowest BCUT2D eigenvalue weighted by Gasteiger charge is -2.14. The van der Waals surface area contributed by atoms with Crippen LogP contribution >= 0.6 is 23.4 Å². The molecule has 3 aromatic rings. The molecule has 1 fully saturated rings. The van der Waals surface area contributed by atoms with Crippen molar-refractivity contribution in [3.63, 3.8) is 0 Å². The van der Waals surface area contributed by atoms with E-state index < -0.39 is 0 Å². The van der Waals surface area contributed by atoms with Crippen LogP contribution in [0.15, 0.2) is 77.7 Å².